The molecule has 2 aromatic carbocycles. The van der Waals surface area contributed by atoms with Crippen molar-refractivity contribution in [3.8, 4) is 0 Å². The van der Waals surface area contributed by atoms with Crippen LogP contribution in [-0.2, 0) is 9.59 Å². The molecular weight excluding hydrogens is 399 g/mol. The van der Waals surface area contributed by atoms with Gasteiger partial charge in [0.2, 0.25) is 0 Å². The Hall–Kier alpha value is -2.47. The number of carbonyl (C=O) groups is 2. The normalized spacial score (nSPS) is 17.6. The number of halogens is 2. The second-order valence-corrected chi connectivity index (χ2v) is 7.27. The van der Waals surface area contributed by atoms with Gasteiger partial charge < -0.3 is 4.90 Å². The Morgan fingerprint density at radius 1 is 0.923 bits per heavy atom. The Kier molecular flexibility index (Phi) is 4.36. The first-order valence-electron chi connectivity index (χ1n) is 8.46. The molecule has 26 heavy (non-hydrogen) atoms. The zero-order valence-electron chi connectivity index (χ0n) is 13.9. The first-order valence-corrected chi connectivity index (χ1v) is 9.25. The third-order valence-electron chi connectivity index (χ3n) is 4.68. The van der Waals surface area contributed by atoms with Crippen molar-refractivity contribution in [2.24, 2.45) is 0 Å². The number of likely N-dealkylation sites (tertiary alicyclic amines) is 1. The van der Waals surface area contributed by atoms with E-state index in [4.69, 9.17) is 0 Å². The Bertz CT molecular complexity index is 918. The fraction of sp³-hybridized carbons (Fsp3) is 0.200. The highest BCUT2D eigenvalue weighted by atomic mass is 79.9. The second-order valence-electron chi connectivity index (χ2n) is 6.35. The summed E-state index contributed by atoms with van der Waals surface area (Å²) in [7, 11) is 0. The van der Waals surface area contributed by atoms with Crippen LogP contribution in [0.25, 0.3) is 5.57 Å². The summed E-state index contributed by atoms with van der Waals surface area (Å²) in [6.45, 7) is 1.48. The molecule has 0 spiro atoms. The van der Waals surface area contributed by atoms with E-state index < -0.39 is 0 Å². The fourth-order valence-corrected chi connectivity index (χ4v) is 3.87. The number of amides is 2. The van der Waals surface area contributed by atoms with Crippen LogP contribution in [0.5, 0.6) is 0 Å². The summed E-state index contributed by atoms with van der Waals surface area (Å²) in [6.07, 6.45) is 1.97. The number of imide groups is 1. The van der Waals surface area contributed by atoms with Gasteiger partial charge in [0.25, 0.3) is 11.8 Å². The summed E-state index contributed by atoms with van der Waals surface area (Å²) in [5.74, 6) is -1.08. The van der Waals surface area contributed by atoms with E-state index in [2.05, 4.69) is 15.9 Å². The van der Waals surface area contributed by atoms with E-state index in [1.54, 1.807) is 30.3 Å². The maximum atomic E-state index is 13.3. The zero-order valence-corrected chi connectivity index (χ0v) is 15.5. The number of anilines is 1. The van der Waals surface area contributed by atoms with Gasteiger partial charge in [-0.1, -0.05) is 34.1 Å². The fourth-order valence-electron chi connectivity index (χ4n) is 3.48. The number of hydrogen-bond donors (Lipinski definition) is 0. The van der Waals surface area contributed by atoms with Gasteiger partial charge in [0.05, 0.1) is 11.3 Å². The number of hydrogen-bond acceptors (Lipinski definition) is 3. The molecule has 0 saturated carbocycles. The minimum absolute atomic E-state index is 0.325. The van der Waals surface area contributed by atoms with Crippen molar-refractivity contribution in [3.63, 3.8) is 0 Å². The molecular formula is C20H16BrFN2O2. The number of carbonyl (C=O) groups excluding carboxylic acids is 2. The standard InChI is InChI=1S/C20H16BrFN2O2/c21-14-4-3-5-16(12-14)24-19(25)17(13-6-8-15(22)9-7-13)18(20(24)26)23-10-1-2-11-23/h3-9,12H,1-2,10-11H2. The number of benzene rings is 2. The van der Waals surface area contributed by atoms with Crippen LogP contribution in [0, 0.1) is 5.82 Å². The largest absolute Gasteiger partial charge is 0.366 e. The third-order valence-corrected chi connectivity index (χ3v) is 5.17. The zero-order chi connectivity index (χ0) is 18.3. The highest BCUT2D eigenvalue weighted by Crippen LogP contribution is 2.36. The Morgan fingerprint density at radius 2 is 1.62 bits per heavy atom. The van der Waals surface area contributed by atoms with E-state index in [0.717, 1.165) is 30.4 Å². The molecule has 0 radical (unpaired) electrons. The molecule has 1 fully saturated rings. The summed E-state index contributed by atoms with van der Waals surface area (Å²) >= 11 is 3.38. The Morgan fingerprint density at radius 3 is 2.27 bits per heavy atom. The van der Waals surface area contributed by atoms with Crippen LogP contribution in [0.4, 0.5) is 10.1 Å². The second kappa shape index (κ2) is 6.68. The summed E-state index contributed by atoms with van der Waals surface area (Å²) in [5, 5.41) is 0. The molecule has 0 bridgehead atoms. The molecule has 0 unspecified atom stereocenters. The lowest BCUT2D eigenvalue weighted by atomic mass is 10.0. The minimum Gasteiger partial charge on any atom is -0.366 e. The van der Waals surface area contributed by atoms with Crippen LogP contribution in [0.1, 0.15) is 18.4 Å². The van der Waals surface area contributed by atoms with Crippen molar-refractivity contribution in [2.75, 3.05) is 18.0 Å². The lowest BCUT2D eigenvalue weighted by Crippen LogP contribution is -2.34. The van der Waals surface area contributed by atoms with Crippen LogP contribution >= 0.6 is 15.9 Å². The predicted octanol–water partition coefficient (Wildman–Crippen LogP) is 3.97. The van der Waals surface area contributed by atoms with E-state index in [1.165, 1.54) is 17.0 Å². The first-order chi connectivity index (χ1) is 12.6. The van der Waals surface area contributed by atoms with Gasteiger partial charge in [-0.25, -0.2) is 9.29 Å². The topological polar surface area (TPSA) is 40.6 Å². The summed E-state index contributed by atoms with van der Waals surface area (Å²) in [6, 6.07) is 12.8. The van der Waals surface area contributed by atoms with E-state index in [-0.39, 0.29) is 17.6 Å². The predicted molar refractivity (Wildman–Crippen MR) is 101 cm³/mol. The lowest BCUT2D eigenvalue weighted by Gasteiger charge is -2.20. The molecule has 6 heteroatoms. The monoisotopic (exact) mass is 414 g/mol. The maximum Gasteiger partial charge on any atom is 0.282 e. The highest BCUT2D eigenvalue weighted by molar-refractivity contribution is 9.10. The van der Waals surface area contributed by atoms with Crippen molar-refractivity contribution in [3.05, 3.63) is 70.1 Å². The van der Waals surface area contributed by atoms with E-state index in [9.17, 15) is 14.0 Å². The third kappa shape index (κ3) is 2.84. The lowest BCUT2D eigenvalue weighted by molar-refractivity contribution is -0.120. The van der Waals surface area contributed by atoms with E-state index >= 15 is 0 Å². The van der Waals surface area contributed by atoms with Crippen molar-refractivity contribution in [1.82, 2.24) is 4.90 Å². The average molecular weight is 415 g/mol. The van der Waals surface area contributed by atoms with Crippen LogP contribution in [0.2, 0.25) is 0 Å². The van der Waals surface area contributed by atoms with Crippen molar-refractivity contribution in [1.29, 1.82) is 0 Å². The van der Waals surface area contributed by atoms with Gasteiger partial charge in [-0.05, 0) is 48.7 Å². The first kappa shape index (κ1) is 17.0. The maximum absolute atomic E-state index is 13.3. The Labute approximate surface area is 159 Å². The van der Waals surface area contributed by atoms with Gasteiger partial charge in [0, 0.05) is 17.6 Å². The van der Waals surface area contributed by atoms with E-state index in [1.807, 2.05) is 11.0 Å². The molecule has 132 valence electrons. The molecule has 0 aromatic heterocycles. The smallest absolute Gasteiger partial charge is 0.282 e. The molecule has 2 aliphatic heterocycles. The molecule has 0 atom stereocenters. The number of nitrogens with zero attached hydrogens (tertiary/aromatic N) is 2. The van der Waals surface area contributed by atoms with Gasteiger partial charge in [0.15, 0.2) is 0 Å². The van der Waals surface area contributed by atoms with Gasteiger partial charge in [0.1, 0.15) is 11.5 Å². The molecule has 2 heterocycles. The highest BCUT2D eigenvalue weighted by Gasteiger charge is 2.42. The van der Waals surface area contributed by atoms with Gasteiger partial charge in [-0.2, -0.15) is 0 Å². The van der Waals surface area contributed by atoms with Crippen LogP contribution in [-0.4, -0.2) is 29.8 Å². The molecule has 4 rings (SSSR count). The van der Waals surface area contributed by atoms with Crippen molar-refractivity contribution < 1.29 is 14.0 Å². The minimum atomic E-state index is -0.377. The SMILES string of the molecule is O=C1C(c2ccc(F)cc2)=C(N2CCCC2)C(=O)N1c1cccc(Br)c1. The molecule has 2 aromatic rings. The quantitative estimate of drug-likeness (QED) is 0.713. The van der Waals surface area contributed by atoms with Crippen molar-refractivity contribution in [2.45, 2.75) is 12.8 Å². The number of rotatable bonds is 3. The molecule has 2 aliphatic rings. The Balaban J connectivity index is 1.84. The van der Waals surface area contributed by atoms with Crippen LogP contribution in [0.15, 0.2) is 58.7 Å². The molecule has 2 amide bonds. The molecule has 0 aliphatic carbocycles. The summed E-state index contributed by atoms with van der Waals surface area (Å²) < 4.78 is 14.1. The molecule has 1 saturated heterocycles. The van der Waals surface area contributed by atoms with Crippen LogP contribution in [0.3, 0.4) is 0 Å². The summed E-state index contributed by atoms with van der Waals surface area (Å²) in [5.41, 5.74) is 1.84. The molecule has 4 nitrogen and oxygen atoms in total. The summed E-state index contributed by atoms with van der Waals surface area (Å²) in [4.78, 5) is 29.5. The van der Waals surface area contributed by atoms with Crippen LogP contribution < -0.4 is 4.90 Å². The van der Waals surface area contributed by atoms with E-state index in [0.29, 0.717) is 22.5 Å². The van der Waals surface area contributed by atoms with Gasteiger partial charge in [-0.15, -0.1) is 0 Å². The van der Waals surface area contributed by atoms with Crippen molar-refractivity contribution >= 4 is 39.0 Å². The van der Waals surface area contributed by atoms with Gasteiger partial charge in [-0.3, -0.25) is 9.59 Å². The van der Waals surface area contributed by atoms with Gasteiger partial charge >= 0.3 is 0 Å². The molecule has 0 N–H and O–H groups in total. The average Bonchev–Trinajstić information content (AvgIpc) is 3.22.